The van der Waals surface area contributed by atoms with Gasteiger partial charge in [-0.25, -0.2) is 28.0 Å². The van der Waals surface area contributed by atoms with Crippen LogP contribution in [0.3, 0.4) is 0 Å². The van der Waals surface area contributed by atoms with Crippen molar-refractivity contribution in [3.8, 4) is 33.4 Å². The predicted octanol–water partition coefficient (Wildman–Crippen LogP) is 10.1. The van der Waals surface area contributed by atoms with Gasteiger partial charge >= 0.3 is 36.2 Å². The van der Waals surface area contributed by atoms with Gasteiger partial charge in [-0.1, -0.05) is 62.7 Å². The third kappa shape index (κ3) is 13.1. The lowest BCUT2D eigenvalue weighted by molar-refractivity contribution is -0.140. The molecular formula is C46H38F8O8. The monoisotopic (exact) mass is 870 g/mol. The highest BCUT2D eigenvalue weighted by molar-refractivity contribution is 5.83. The van der Waals surface area contributed by atoms with Gasteiger partial charge in [-0.15, -0.1) is 0 Å². The molecule has 0 aliphatic heterocycles. The zero-order chi connectivity index (χ0) is 45.8. The maximum atomic E-state index is 16.1. The van der Waals surface area contributed by atoms with E-state index >= 15 is 8.78 Å². The molecule has 0 aromatic heterocycles. The van der Waals surface area contributed by atoms with E-state index in [0.717, 1.165) is 36.4 Å². The molecule has 0 heterocycles. The molecule has 0 unspecified atom stereocenters. The number of benzene rings is 4. The molecule has 4 aromatic carbocycles. The number of rotatable bonds is 19. The van der Waals surface area contributed by atoms with Crippen molar-refractivity contribution in [3.63, 3.8) is 0 Å². The Hall–Kier alpha value is -6.84. The maximum Gasteiger partial charge on any atom is 0.419 e. The summed E-state index contributed by atoms with van der Waals surface area (Å²) < 4.78 is 140. The molecule has 0 amide bonds. The molecular weight excluding hydrogens is 832 g/mol. The van der Waals surface area contributed by atoms with E-state index in [4.69, 9.17) is 18.9 Å². The fourth-order valence-electron chi connectivity index (χ4n) is 6.14. The first-order valence-corrected chi connectivity index (χ1v) is 18.5. The Morgan fingerprint density at radius 3 is 0.903 bits per heavy atom. The van der Waals surface area contributed by atoms with Gasteiger partial charge in [0, 0.05) is 61.1 Å². The van der Waals surface area contributed by atoms with Crippen LogP contribution < -0.4 is 0 Å². The van der Waals surface area contributed by atoms with Crippen LogP contribution in [-0.4, -0.2) is 50.3 Å². The smallest absolute Gasteiger partial charge is 0.419 e. The number of hydrogen-bond donors (Lipinski definition) is 0. The van der Waals surface area contributed by atoms with Crippen molar-refractivity contribution < 1.29 is 73.2 Å². The lowest BCUT2D eigenvalue weighted by Crippen LogP contribution is -2.12. The zero-order valence-electron chi connectivity index (χ0n) is 32.9. The van der Waals surface area contributed by atoms with Crippen molar-refractivity contribution in [2.75, 3.05) is 26.4 Å². The van der Waals surface area contributed by atoms with Crippen molar-refractivity contribution in [1.82, 2.24) is 0 Å². The summed E-state index contributed by atoms with van der Waals surface area (Å²) in [5, 5.41) is 0. The average molecular weight is 871 g/mol. The van der Waals surface area contributed by atoms with Crippen LogP contribution >= 0.6 is 0 Å². The molecule has 0 saturated heterocycles. The highest BCUT2D eigenvalue weighted by Gasteiger charge is 2.38. The third-order valence-electron chi connectivity index (χ3n) is 9.02. The van der Waals surface area contributed by atoms with Crippen LogP contribution in [0.4, 0.5) is 35.1 Å². The van der Waals surface area contributed by atoms with Crippen molar-refractivity contribution >= 4 is 23.9 Å². The molecule has 0 radical (unpaired) electrons. The fraction of sp³-hybridized carbons (Fsp3) is 0.217. The van der Waals surface area contributed by atoms with Crippen molar-refractivity contribution in [2.24, 2.45) is 0 Å². The number of carbonyl (C=O) groups excluding carboxylic acids is 4. The summed E-state index contributed by atoms with van der Waals surface area (Å²) in [7, 11) is 0. The topological polar surface area (TPSA) is 105 Å². The van der Waals surface area contributed by atoms with Gasteiger partial charge in [-0.2, -0.15) is 26.3 Å². The summed E-state index contributed by atoms with van der Waals surface area (Å²) in [4.78, 5) is 46.6. The van der Waals surface area contributed by atoms with Crippen molar-refractivity contribution in [2.45, 2.75) is 38.0 Å². The van der Waals surface area contributed by atoms with E-state index in [-0.39, 0.29) is 63.2 Å². The molecule has 0 aliphatic carbocycles. The van der Waals surface area contributed by atoms with Crippen LogP contribution in [0.15, 0.2) is 111 Å². The average Bonchev–Trinajstić information content (AvgIpc) is 3.22. The summed E-state index contributed by atoms with van der Waals surface area (Å²) >= 11 is 0. The van der Waals surface area contributed by atoms with E-state index in [1.54, 1.807) is 12.1 Å². The number of halogens is 8. The Morgan fingerprint density at radius 2 is 0.677 bits per heavy atom. The van der Waals surface area contributed by atoms with Gasteiger partial charge in [-0.3, -0.25) is 0 Å². The van der Waals surface area contributed by atoms with Crippen LogP contribution in [0.5, 0.6) is 0 Å². The first-order chi connectivity index (χ1) is 29.3. The third-order valence-corrected chi connectivity index (χ3v) is 9.02. The largest absolute Gasteiger partial charge is 0.462 e. The van der Waals surface area contributed by atoms with Crippen LogP contribution in [0, 0.1) is 11.6 Å². The van der Waals surface area contributed by atoms with Crippen molar-refractivity contribution in [3.05, 3.63) is 156 Å². The van der Waals surface area contributed by atoms with Gasteiger partial charge in [0.15, 0.2) is 0 Å². The number of ether oxygens (including phenoxy) is 4. The second-order valence-corrected chi connectivity index (χ2v) is 13.3. The van der Waals surface area contributed by atoms with E-state index in [0.29, 0.717) is 34.4 Å². The predicted molar refractivity (Wildman–Crippen MR) is 212 cm³/mol. The molecule has 0 N–H and O–H groups in total. The van der Waals surface area contributed by atoms with E-state index in [2.05, 4.69) is 26.3 Å². The summed E-state index contributed by atoms with van der Waals surface area (Å²) in [5.41, 5.74) is -5.23. The summed E-state index contributed by atoms with van der Waals surface area (Å²) in [6, 6.07) is 10.7. The van der Waals surface area contributed by atoms with Gasteiger partial charge in [0.25, 0.3) is 0 Å². The van der Waals surface area contributed by atoms with Crippen LogP contribution in [0.2, 0.25) is 0 Å². The van der Waals surface area contributed by atoms with Crippen LogP contribution in [0.1, 0.15) is 33.4 Å². The first-order valence-electron chi connectivity index (χ1n) is 18.5. The molecule has 0 atom stereocenters. The lowest BCUT2D eigenvalue weighted by atomic mass is 9.89. The molecule has 4 rings (SSSR count). The van der Waals surface area contributed by atoms with Gasteiger partial charge in [0.05, 0.1) is 37.6 Å². The zero-order valence-corrected chi connectivity index (χ0v) is 32.9. The van der Waals surface area contributed by atoms with E-state index in [9.17, 15) is 45.5 Å². The summed E-state index contributed by atoms with van der Waals surface area (Å²) in [5.74, 6) is -6.62. The van der Waals surface area contributed by atoms with E-state index < -0.39 is 81.2 Å². The minimum absolute atomic E-state index is 0.0228. The molecule has 8 nitrogen and oxygen atoms in total. The molecule has 16 heteroatoms. The normalized spacial score (nSPS) is 11.3. The Labute approximate surface area is 350 Å². The second-order valence-electron chi connectivity index (χ2n) is 13.3. The minimum Gasteiger partial charge on any atom is -0.462 e. The first kappa shape index (κ1) is 47.8. The Morgan fingerprint density at radius 1 is 0.419 bits per heavy atom. The number of esters is 4. The maximum absolute atomic E-state index is 16.1. The minimum atomic E-state index is -5.38. The Bertz CT molecular complexity index is 2130. The standard InChI is InChI=1S/C46H38F8O8/c1-5-39(55)59-13-9-27-17-28(10-14-60-40(56)6-2)20-33(19-27)35-23-31(25-37(43(35)47)45(49,50)51)32-24-36(44(48)38(26-32)46(52,53)54)34-21-29(11-15-61-41(57)7-3)18-30(22-34)12-16-62-42(58)8-4/h5-8,17-26H,1-4,9-16H2. The Balaban J connectivity index is 1.96. The highest BCUT2D eigenvalue weighted by atomic mass is 19.4. The van der Waals surface area contributed by atoms with Crippen LogP contribution in [-0.2, 0) is 76.2 Å². The van der Waals surface area contributed by atoms with Gasteiger partial charge < -0.3 is 18.9 Å². The van der Waals surface area contributed by atoms with Crippen molar-refractivity contribution in [1.29, 1.82) is 0 Å². The molecule has 0 fully saturated rings. The molecule has 0 saturated carbocycles. The molecule has 0 spiro atoms. The van der Waals surface area contributed by atoms with Gasteiger partial charge in [-0.05, 0) is 68.8 Å². The number of carbonyl (C=O) groups is 4. The fourth-order valence-corrected chi connectivity index (χ4v) is 6.14. The molecule has 4 aromatic rings. The van der Waals surface area contributed by atoms with E-state index in [1.165, 1.54) is 24.3 Å². The number of alkyl halides is 6. The molecule has 326 valence electrons. The molecule has 0 bridgehead atoms. The SMILES string of the molecule is C=CC(=O)OCCc1cc(CCOC(=O)C=C)cc(-c2cc(-c3cc(-c4cc(CCOC(=O)C=C)cc(CCOC(=O)C=C)c4)c(F)c(C(F)(F)F)c3)cc(C(F)(F)F)c2F)c1. The second kappa shape index (κ2) is 21.1. The van der Waals surface area contributed by atoms with Crippen LogP contribution in [0.25, 0.3) is 33.4 Å². The quantitative estimate of drug-likeness (QED) is 0.0397. The summed E-state index contributed by atoms with van der Waals surface area (Å²) in [6.07, 6.45) is -7.22. The lowest BCUT2D eigenvalue weighted by Gasteiger charge is -2.19. The molecule has 62 heavy (non-hydrogen) atoms. The Kier molecular flexibility index (Phi) is 16.3. The highest BCUT2D eigenvalue weighted by Crippen LogP contribution is 2.43. The van der Waals surface area contributed by atoms with Gasteiger partial charge in [0.1, 0.15) is 11.6 Å². The van der Waals surface area contributed by atoms with Gasteiger partial charge in [0.2, 0.25) is 0 Å². The summed E-state index contributed by atoms with van der Waals surface area (Å²) in [6.45, 7) is 12.3. The molecule has 0 aliphatic rings. The number of hydrogen-bond acceptors (Lipinski definition) is 8. The van der Waals surface area contributed by atoms with E-state index in [1.807, 2.05) is 0 Å².